The summed E-state index contributed by atoms with van der Waals surface area (Å²) in [4.78, 5) is 15.4. The van der Waals surface area contributed by atoms with Gasteiger partial charge in [0.15, 0.2) is 5.96 Å². The number of nitrogens with zero attached hydrogens (tertiary/aromatic N) is 4. The van der Waals surface area contributed by atoms with E-state index in [1.165, 1.54) is 10.9 Å². The number of rotatable bonds is 4. The molecule has 2 aromatic heterocycles. The molecule has 0 amide bonds. The van der Waals surface area contributed by atoms with E-state index in [2.05, 4.69) is 36.6 Å². The predicted molar refractivity (Wildman–Crippen MR) is 100 cm³/mol. The molecule has 5 nitrogen and oxygen atoms in total. The normalized spacial score (nSPS) is 11.7. The molecule has 1 aromatic carbocycles. The number of hydrogen-bond acceptors (Lipinski definition) is 4. The number of aryl methyl sites for hydroxylation is 1. The Bertz CT molecular complexity index is 850. The van der Waals surface area contributed by atoms with Gasteiger partial charge in [0, 0.05) is 37.6 Å². The third-order valence-electron chi connectivity index (χ3n) is 3.82. The zero-order chi connectivity index (χ0) is 16.9. The smallest absolute Gasteiger partial charge is 0.194 e. The summed E-state index contributed by atoms with van der Waals surface area (Å²) < 4.78 is 0. The van der Waals surface area contributed by atoms with E-state index in [9.17, 15) is 0 Å². The Morgan fingerprint density at radius 3 is 2.88 bits per heavy atom. The van der Waals surface area contributed by atoms with Gasteiger partial charge in [0.2, 0.25) is 0 Å². The van der Waals surface area contributed by atoms with Crippen molar-refractivity contribution in [2.75, 3.05) is 14.1 Å². The summed E-state index contributed by atoms with van der Waals surface area (Å²) in [7, 11) is 3.82. The monoisotopic (exact) mass is 339 g/mol. The van der Waals surface area contributed by atoms with Gasteiger partial charge in [-0.05, 0) is 24.6 Å². The van der Waals surface area contributed by atoms with Crippen molar-refractivity contribution in [3.63, 3.8) is 0 Å². The Morgan fingerprint density at radius 2 is 2.12 bits per heavy atom. The fraction of sp³-hybridized carbons (Fsp3) is 0.278. The average molecular weight is 339 g/mol. The molecule has 0 aliphatic rings. The summed E-state index contributed by atoms with van der Waals surface area (Å²) in [6.07, 6.45) is 1.85. The van der Waals surface area contributed by atoms with Crippen molar-refractivity contribution >= 4 is 28.2 Å². The van der Waals surface area contributed by atoms with Crippen LogP contribution in [0.1, 0.15) is 16.3 Å². The Morgan fingerprint density at radius 1 is 1.29 bits per heavy atom. The molecule has 0 fully saturated rings. The number of thiazole rings is 1. The first-order chi connectivity index (χ1) is 11.7. The van der Waals surface area contributed by atoms with Crippen molar-refractivity contribution in [2.45, 2.75) is 20.0 Å². The zero-order valence-electron chi connectivity index (χ0n) is 14.2. The first-order valence-electron chi connectivity index (χ1n) is 7.83. The quantitative estimate of drug-likeness (QED) is 0.586. The minimum absolute atomic E-state index is 0.705. The standard InChI is InChI=1S/C18H21N5S/c1-13-22-15(12-24-13)11-23(3)18(19-2)21-10-14-8-9-20-17-7-5-4-6-16(14)17/h4-9,12H,10-11H2,1-3H3,(H,19,21). The van der Waals surface area contributed by atoms with E-state index in [1.54, 1.807) is 18.4 Å². The van der Waals surface area contributed by atoms with Gasteiger partial charge in [0.05, 0.1) is 22.8 Å². The second-order valence-corrected chi connectivity index (χ2v) is 6.66. The van der Waals surface area contributed by atoms with Crippen LogP contribution >= 0.6 is 11.3 Å². The largest absolute Gasteiger partial charge is 0.352 e. The lowest BCUT2D eigenvalue weighted by Crippen LogP contribution is -2.38. The highest BCUT2D eigenvalue weighted by molar-refractivity contribution is 7.09. The molecule has 3 aromatic rings. The van der Waals surface area contributed by atoms with E-state index in [-0.39, 0.29) is 0 Å². The number of benzene rings is 1. The zero-order valence-corrected chi connectivity index (χ0v) is 15.0. The van der Waals surface area contributed by atoms with Crippen LogP contribution in [0, 0.1) is 6.92 Å². The molecule has 1 N–H and O–H groups in total. The molecule has 3 rings (SSSR count). The minimum atomic E-state index is 0.705. The molecule has 0 aliphatic heterocycles. The second-order valence-electron chi connectivity index (χ2n) is 5.60. The van der Waals surface area contributed by atoms with Crippen molar-refractivity contribution in [2.24, 2.45) is 4.99 Å². The van der Waals surface area contributed by atoms with E-state index in [4.69, 9.17) is 0 Å². The number of hydrogen-bond donors (Lipinski definition) is 1. The van der Waals surface area contributed by atoms with Crippen LogP contribution < -0.4 is 5.32 Å². The lowest BCUT2D eigenvalue weighted by atomic mass is 10.1. The van der Waals surface area contributed by atoms with Crippen LogP contribution in [-0.2, 0) is 13.1 Å². The van der Waals surface area contributed by atoms with Crippen molar-refractivity contribution < 1.29 is 0 Å². The van der Waals surface area contributed by atoms with Crippen LogP contribution in [0.3, 0.4) is 0 Å². The Labute approximate surface area is 146 Å². The summed E-state index contributed by atoms with van der Waals surface area (Å²) in [5.74, 6) is 0.849. The highest BCUT2D eigenvalue weighted by Gasteiger charge is 2.09. The van der Waals surface area contributed by atoms with Crippen LogP contribution in [-0.4, -0.2) is 34.9 Å². The van der Waals surface area contributed by atoms with E-state index in [1.807, 2.05) is 44.4 Å². The van der Waals surface area contributed by atoms with E-state index >= 15 is 0 Å². The summed E-state index contributed by atoms with van der Waals surface area (Å²) >= 11 is 1.67. The second kappa shape index (κ2) is 7.40. The average Bonchev–Trinajstić information content (AvgIpc) is 3.00. The molecular weight excluding hydrogens is 318 g/mol. The maximum Gasteiger partial charge on any atom is 0.194 e. The third-order valence-corrected chi connectivity index (χ3v) is 4.64. The van der Waals surface area contributed by atoms with Gasteiger partial charge in [-0.3, -0.25) is 9.98 Å². The summed E-state index contributed by atoms with van der Waals surface area (Å²) in [6, 6.07) is 10.2. The maximum absolute atomic E-state index is 4.51. The van der Waals surface area contributed by atoms with Gasteiger partial charge < -0.3 is 10.2 Å². The predicted octanol–water partition coefficient (Wildman–Crippen LogP) is 3.21. The van der Waals surface area contributed by atoms with Gasteiger partial charge in [-0.1, -0.05) is 18.2 Å². The minimum Gasteiger partial charge on any atom is -0.352 e. The topological polar surface area (TPSA) is 53.4 Å². The highest BCUT2D eigenvalue weighted by Crippen LogP contribution is 2.16. The number of pyridine rings is 1. The molecular formula is C18H21N5S. The molecule has 0 saturated carbocycles. The molecule has 0 unspecified atom stereocenters. The fourth-order valence-electron chi connectivity index (χ4n) is 2.67. The van der Waals surface area contributed by atoms with E-state index in [0.717, 1.165) is 28.7 Å². The van der Waals surface area contributed by atoms with Gasteiger partial charge in [0.1, 0.15) is 0 Å². The first kappa shape index (κ1) is 16.4. The van der Waals surface area contributed by atoms with Crippen molar-refractivity contribution in [3.8, 4) is 0 Å². The Hall–Kier alpha value is -2.47. The molecule has 0 atom stereocenters. The summed E-state index contributed by atoms with van der Waals surface area (Å²) in [6.45, 7) is 3.47. The van der Waals surface area contributed by atoms with Crippen molar-refractivity contribution in [1.29, 1.82) is 0 Å². The molecule has 6 heteroatoms. The SMILES string of the molecule is CN=C(NCc1ccnc2ccccc12)N(C)Cc1csc(C)n1. The lowest BCUT2D eigenvalue weighted by Gasteiger charge is -2.21. The molecule has 0 aliphatic carbocycles. The van der Waals surface area contributed by atoms with Crippen LogP contribution in [0.25, 0.3) is 10.9 Å². The van der Waals surface area contributed by atoms with Gasteiger partial charge >= 0.3 is 0 Å². The van der Waals surface area contributed by atoms with Crippen LogP contribution in [0.2, 0.25) is 0 Å². The van der Waals surface area contributed by atoms with Crippen molar-refractivity contribution in [1.82, 2.24) is 20.2 Å². The molecule has 0 saturated heterocycles. The Balaban J connectivity index is 1.69. The molecule has 24 heavy (non-hydrogen) atoms. The number of aromatic nitrogens is 2. The number of guanidine groups is 1. The van der Waals surface area contributed by atoms with Gasteiger partial charge in [-0.2, -0.15) is 0 Å². The molecule has 2 heterocycles. The van der Waals surface area contributed by atoms with Crippen LogP contribution in [0.4, 0.5) is 0 Å². The van der Waals surface area contributed by atoms with Crippen LogP contribution in [0.15, 0.2) is 46.9 Å². The van der Waals surface area contributed by atoms with E-state index in [0.29, 0.717) is 6.54 Å². The number of nitrogens with one attached hydrogen (secondary N) is 1. The maximum atomic E-state index is 4.51. The molecule has 0 bridgehead atoms. The van der Waals surface area contributed by atoms with Gasteiger partial charge in [0.25, 0.3) is 0 Å². The Kier molecular flexibility index (Phi) is 5.05. The number of aliphatic imine (C=N–C) groups is 1. The molecule has 0 radical (unpaired) electrons. The fourth-order valence-corrected chi connectivity index (χ4v) is 3.27. The summed E-state index contributed by atoms with van der Waals surface area (Å²) in [5.41, 5.74) is 3.29. The van der Waals surface area contributed by atoms with Gasteiger partial charge in [-0.15, -0.1) is 11.3 Å². The van der Waals surface area contributed by atoms with E-state index < -0.39 is 0 Å². The summed E-state index contributed by atoms with van der Waals surface area (Å²) in [5, 5.41) is 7.78. The number of para-hydroxylation sites is 1. The van der Waals surface area contributed by atoms with Gasteiger partial charge in [-0.25, -0.2) is 4.98 Å². The van der Waals surface area contributed by atoms with Crippen molar-refractivity contribution in [3.05, 3.63) is 58.2 Å². The highest BCUT2D eigenvalue weighted by atomic mass is 32.1. The molecule has 124 valence electrons. The van der Waals surface area contributed by atoms with Crippen LogP contribution in [0.5, 0.6) is 0 Å². The number of fused-ring (bicyclic) bond motifs is 1. The molecule has 0 spiro atoms. The first-order valence-corrected chi connectivity index (χ1v) is 8.71. The third kappa shape index (κ3) is 3.71. The lowest BCUT2D eigenvalue weighted by molar-refractivity contribution is 0.471.